The van der Waals surface area contributed by atoms with Gasteiger partial charge in [0.2, 0.25) is 21.9 Å². The van der Waals surface area contributed by atoms with Crippen LogP contribution in [0, 0.1) is 0 Å². The lowest BCUT2D eigenvalue weighted by Gasteiger charge is -2.37. The lowest BCUT2D eigenvalue weighted by atomic mass is 9.91. The predicted molar refractivity (Wildman–Crippen MR) is 158 cm³/mol. The average molecular weight is 627 g/mol. The number of hydrogen-bond donors (Lipinski definition) is 2. The van der Waals surface area contributed by atoms with E-state index < -0.39 is 21.4 Å². The normalized spacial score (nSPS) is 27.3. The summed E-state index contributed by atoms with van der Waals surface area (Å²) in [6.45, 7) is 1.25. The Morgan fingerprint density at radius 1 is 1.07 bits per heavy atom. The van der Waals surface area contributed by atoms with E-state index in [-0.39, 0.29) is 53.9 Å². The highest BCUT2D eigenvalue weighted by Crippen LogP contribution is 2.57. The standard InChI is InChI=1S/C30H38N6O7S/c37-27(38)19-14-23(17-31-16-19)44(40,41)35-11-7-20(8-12-35)33-29-32-18-24-26(34-29)36(28(39)30(24)9-10-30)21-4-3-5-22(15-21)43-25-6-1-2-13-42-25/h14,16-18,20-22,25H,1-13,15H2,(H,37,38)(H,32,33,34)/t21-,22-,25?/m0/s1. The molecule has 5 heterocycles. The first kappa shape index (κ1) is 29.5. The molecule has 2 saturated carbocycles. The molecule has 3 aliphatic heterocycles. The molecule has 1 unspecified atom stereocenters. The molecule has 2 aromatic rings. The molecule has 2 N–H and O–H groups in total. The van der Waals surface area contributed by atoms with Gasteiger partial charge in [-0.25, -0.2) is 18.2 Å². The minimum atomic E-state index is -3.88. The van der Waals surface area contributed by atoms with Crippen molar-refractivity contribution in [2.75, 3.05) is 29.9 Å². The van der Waals surface area contributed by atoms with Crippen LogP contribution in [0.1, 0.15) is 86.6 Å². The van der Waals surface area contributed by atoms with E-state index >= 15 is 0 Å². The SMILES string of the molecule is O=C(O)c1cncc(S(=O)(=O)N2CCC(Nc3ncc4c(n3)N([C@H]3CCC[C@H](OC5CCCCO5)C3)C(=O)C43CC3)CC2)c1. The number of aromatic nitrogens is 3. The van der Waals surface area contributed by atoms with Gasteiger partial charge >= 0.3 is 5.97 Å². The first-order chi connectivity index (χ1) is 21.2. The van der Waals surface area contributed by atoms with E-state index in [1.54, 1.807) is 6.20 Å². The second-order valence-electron chi connectivity index (χ2n) is 12.6. The fraction of sp³-hybridized carbons (Fsp3) is 0.633. The number of hydrogen-bond acceptors (Lipinski definition) is 10. The fourth-order valence-electron chi connectivity index (χ4n) is 7.11. The van der Waals surface area contributed by atoms with Crippen LogP contribution in [-0.2, 0) is 29.7 Å². The molecule has 5 aliphatic rings. The first-order valence-corrected chi connectivity index (χ1v) is 17.1. The van der Waals surface area contributed by atoms with E-state index in [0.717, 1.165) is 82.2 Å². The van der Waals surface area contributed by atoms with Gasteiger partial charge in [-0.05, 0) is 76.7 Å². The Labute approximate surface area is 256 Å². The number of pyridine rings is 1. The number of ether oxygens (including phenoxy) is 2. The number of carbonyl (C=O) groups excluding carboxylic acids is 1. The Morgan fingerprint density at radius 2 is 1.89 bits per heavy atom. The minimum absolute atomic E-state index is 0.00822. The van der Waals surface area contributed by atoms with Crippen LogP contribution in [0.3, 0.4) is 0 Å². The van der Waals surface area contributed by atoms with Crippen molar-refractivity contribution < 1.29 is 32.6 Å². The number of piperidine rings is 1. The van der Waals surface area contributed by atoms with Crippen LogP contribution in [0.15, 0.2) is 29.6 Å². The van der Waals surface area contributed by atoms with E-state index in [0.29, 0.717) is 24.6 Å². The Morgan fingerprint density at radius 3 is 2.61 bits per heavy atom. The average Bonchev–Trinajstić information content (AvgIpc) is 3.80. The quantitative estimate of drug-likeness (QED) is 0.443. The number of carboxylic acids is 1. The maximum atomic E-state index is 13.8. The van der Waals surface area contributed by atoms with Gasteiger partial charge in [0.1, 0.15) is 10.7 Å². The highest BCUT2D eigenvalue weighted by molar-refractivity contribution is 7.89. The van der Waals surface area contributed by atoms with Crippen molar-refractivity contribution in [1.29, 1.82) is 0 Å². The van der Waals surface area contributed by atoms with Gasteiger partial charge in [0.15, 0.2) is 6.29 Å². The number of rotatable bonds is 8. The molecular weight excluding hydrogens is 588 g/mol. The van der Waals surface area contributed by atoms with Crippen molar-refractivity contribution in [2.45, 2.75) is 105 Å². The summed E-state index contributed by atoms with van der Waals surface area (Å²) >= 11 is 0. The molecule has 44 heavy (non-hydrogen) atoms. The molecule has 236 valence electrons. The summed E-state index contributed by atoms with van der Waals surface area (Å²) in [7, 11) is -3.88. The molecule has 14 heteroatoms. The van der Waals surface area contributed by atoms with Gasteiger partial charge < -0.3 is 19.9 Å². The van der Waals surface area contributed by atoms with Crippen molar-refractivity contribution in [3.05, 3.63) is 35.8 Å². The highest BCUT2D eigenvalue weighted by Gasteiger charge is 2.61. The third-order valence-electron chi connectivity index (χ3n) is 9.72. The number of aromatic carboxylic acids is 1. The Kier molecular flexibility index (Phi) is 7.79. The van der Waals surface area contributed by atoms with Crippen LogP contribution in [0.2, 0.25) is 0 Å². The second kappa shape index (κ2) is 11.6. The molecule has 1 spiro atoms. The second-order valence-corrected chi connectivity index (χ2v) is 14.5. The van der Waals surface area contributed by atoms with Gasteiger partial charge in [-0.15, -0.1) is 0 Å². The van der Waals surface area contributed by atoms with E-state index in [1.807, 2.05) is 4.90 Å². The number of fused-ring (bicyclic) bond motifs is 2. The highest BCUT2D eigenvalue weighted by atomic mass is 32.2. The number of sulfonamides is 1. The van der Waals surface area contributed by atoms with E-state index in [4.69, 9.17) is 14.5 Å². The van der Waals surface area contributed by atoms with Crippen LogP contribution >= 0.6 is 0 Å². The van der Waals surface area contributed by atoms with Crippen LogP contribution in [-0.4, -0.2) is 88.8 Å². The van der Waals surface area contributed by atoms with Crippen LogP contribution < -0.4 is 10.2 Å². The van der Waals surface area contributed by atoms with Crippen molar-refractivity contribution in [1.82, 2.24) is 19.3 Å². The molecule has 2 saturated heterocycles. The third kappa shape index (κ3) is 5.46. The zero-order chi connectivity index (χ0) is 30.5. The van der Waals surface area contributed by atoms with Gasteiger partial charge in [-0.1, -0.05) is 0 Å². The summed E-state index contributed by atoms with van der Waals surface area (Å²) in [5.74, 6) is 0.0115. The van der Waals surface area contributed by atoms with Crippen LogP contribution in [0.4, 0.5) is 11.8 Å². The molecule has 0 radical (unpaired) electrons. The van der Waals surface area contributed by atoms with Gasteiger partial charge in [-0.3, -0.25) is 14.7 Å². The van der Waals surface area contributed by atoms with Crippen molar-refractivity contribution in [3.63, 3.8) is 0 Å². The monoisotopic (exact) mass is 626 g/mol. The number of nitrogens with one attached hydrogen (secondary N) is 1. The van der Waals surface area contributed by atoms with Crippen molar-refractivity contribution in [2.24, 2.45) is 0 Å². The molecular formula is C30H38N6O7S. The Balaban J connectivity index is 1.03. The lowest BCUT2D eigenvalue weighted by molar-refractivity contribution is -0.193. The van der Waals surface area contributed by atoms with Gasteiger partial charge in [-0.2, -0.15) is 9.29 Å². The van der Waals surface area contributed by atoms with E-state index in [1.165, 1.54) is 10.5 Å². The summed E-state index contributed by atoms with van der Waals surface area (Å²) in [5.41, 5.74) is 0.233. The Hall–Kier alpha value is -3.20. The van der Waals surface area contributed by atoms with Crippen LogP contribution in [0.25, 0.3) is 0 Å². The predicted octanol–water partition coefficient (Wildman–Crippen LogP) is 3.07. The number of nitrogens with zero attached hydrogens (tertiary/aromatic N) is 5. The minimum Gasteiger partial charge on any atom is -0.478 e. The molecule has 0 aromatic carbocycles. The number of amides is 1. The maximum Gasteiger partial charge on any atom is 0.337 e. The van der Waals surface area contributed by atoms with Gasteiger partial charge in [0.25, 0.3) is 0 Å². The zero-order valence-corrected chi connectivity index (χ0v) is 25.4. The fourth-order valence-corrected chi connectivity index (χ4v) is 8.57. The number of carbonyl (C=O) groups is 2. The van der Waals surface area contributed by atoms with Crippen LogP contribution in [0.5, 0.6) is 0 Å². The number of anilines is 2. The van der Waals surface area contributed by atoms with E-state index in [9.17, 15) is 23.1 Å². The Bertz CT molecular complexity index is 1540. The smallest absolute Gasteiger partial charge is 0.337 e. The number of carboxylic acid groups (broad SMARTS) is 1. The van der Waals surface area contributed by atoms with Crippen molar-refractivity contribution in [3.8, 4) is 0 Å². The summed E-state index contributed by atoms with van der Waals surface area (Å²) in [6, 6.07) is 1.08. The zero-order valence-electron chi connectivity index (χ0n) is 24.6. The summed E-state index contributed by atoms with van der Waals surface area (Å²) < 4.78 is 39.8. The topological polar surface area (TPSA) is 164 Å². The lowest BCUT2D eigenvalue weighted by Crippen LogP contribution is -2.45. The molecule has 0 bridgehead atoms. The molecule has 4 fully saturated rings. The molecule has 13 nitrogen and oxygen atoms in total. The molecule has 2 aromatic heterocycles. The summed E-state index contributed by atoms with van der Waals surface area (Å²) in [6.07, 6.45) is 13.3. The molecule has 7 rings (SSSR count). The largest absolute Gasteiger partial charge is 0.478 e. The maximum absolute atomic E-state index is 13.8. The summed E-state index contributed by atoms with van der Waals surface area (Å²) in [5, 5.41) is 12.6. The molecule has 2 aliphatic carbocycles. The van der Waals surface area contributed by atoms with Gasteiger partial charge in [0.05, 0.1) is 17.1 Å². The molecule has 3 atom stereocenters. The third-order valence-corrected chi connectivity index (χ3v) is 11.6. The first-order valence-electron chi connectivity index (χ1n) is 15.7. The van der Waals surface area contributed by atoms with E-state index in [2.05, 4.69) is 15.3 Å². The molecule has 1 amide bonds. The van der Waals surface area contributed by atoms with Crippen molar-refractivity contribution >= 4 is 33.7 Å². The summed E-state index contributed by atoms with van der Waals surface area (Å²) in [4.78, 5) is 40.2. The van der Waals surface area contributed by atoms with Gasteiger partial charge in [0, 0.05) is 55.9 Å².